The number of hydrogen-bond acceptors (Lipinski definition) is 7. The van der Waals surface area contributed by atoms with E-state index < -0.39 is 5.82 Å². The third kappa shape index (κ3) is 2.40. The molecular weight excluding hydrogens is 387 g/mol. The molecule has 0 fully saturated rings. The summed E-state index contributed by atoms with van der Waals surface area (Å²) in [6, 6.07) is 3.61. The highest BCUT2D eigenvalue weighted by Gasteiger charge is 2.21. The molecule has 0 saturated heterocycles. The Kier molecular flexibility index (Phi) is 3.45. The first-order valence-electron chi connectivity index (χ1n) is 8.95. The van der Waals surface area contributed by atoms with E-state index in [1.807, 2.05) is 0 Å². The first kappa shape index (κ1) is 16.5. The first-order chi connectivity index (χ1) is 14.8. The molecule has 0 radical (unpaired) electrons. The average Bonchev–Trinajstić information content (AvgIpc) is 3.53. The Morgan fingerprint density at radius 2 is 1.80 bits per heavy atom. The van der Waals surface area contributed by atoms with Crippen molar-refractivity contribution in [2.45, 2.75) is 0 Å². The van der Waals surface area contributed by atoms with Crippen LogP contribution in [-0.2, 0) is 0 Å². The number of rotatable bonds is 3. The predicted molar refractivity (Wildman–Crippen MR) is 105 cm³/mol. The Hall–Kier alpha value is -4.47. The number of imidazole rings is 1. The third-order valence-corrected chi connectivity index (χ3v) is 4.80. The molecule has 2 N–H and O–H groups in total. The molecule has 0 amide bonds. The average molecular weight is 398 g/mol. The molecule has 144 valence electrons. The highest BCUT2D eigenvalue weighted by atomic mass is 19.1. The van der Waals surface area contributed by atoms with Crippen LogP contribution in [-0.4, -0.2) is 40.1 Å². The van der Waals surface area contributed by atoms with Gasteiger partial charge in [-0.25, -0.2) is 19.3 Å². The van der Waals surface area contributed by atoms with Crippen LogP contribution >= 0.6 is 0 Å². The number of furan rings is 1. The zero-order valence-corrected chi connectivity index (χ0v) is 15.2. The zero-order chi connectivity index (χ0) is 20.1. The van der Waals surface area contributed by atoms with Crippen molar-refractivity contribution in [2.24, 2.45) is 0 Å². The van der Waals surface area contributed by atoms with Crippen molar-refractivity contribution >= 4 is 21.9 Å². The summed E-state index contributed by atoms with van der Waals surface area (Å²) in [5.41, 5.74) is 4.26. The van der Waals surface area contributed by atoms with Gasteiger partial charge in [-0.2, -0.15) is 5.10 Å². The molecular formula is C20H11FN8O. The molecule has 6 aromatic heterocycles. The fourth-order valence-corrected chi connectivity index (χ4v) is 3.43. The van der Waals surface area contributed by atoms with E-state index in [0.717, 1.165) is 11.1 Å². The van der Waals surface area contributed by atoms with Crippen LogP contribution in [0.25, 0.3) is 56.0 Å². The minimum absolute atomic E-state index is 0.141. The summed E-state index contributed by atoms with van der Waals surface area (Å²) in [6.07, 6.45) is 10.8. The van der Waals surface area contributed by atoms with E-state index in [1.54, 1.807) is 30.9 Å². The summed E-state index contributed by atoms with van der Waals surface area (Å²) in [6.45, 7) is 0. The number of fused-ring (bicyclic) bond motifs is 2. The van der Waals surface area contributed by atoms with Crippen LogP contribution in [0.15, 0.2) is 60.2 Å². The maximum atomic E-state index is 15.4. The molecule has 0 aliphatic heterocycles. The third-order valence-electron chi connectivity index (χ3n) is 4.80. The zero-order valence-electron chi connectivity index (χ0n) is 15.2. The molecule has 0 spiro atoms. The SMILES string of the molecule is Fc1c(-c2cncnc2)ncc2[nH]nc(-c3nc4c(-c5ccoc5)nccc4[nH]3)c12. The first-order valence-corrected chi connectivity index (χ1v) is 8.95. The molecule has 6 rings (SSSR count). The van der Waals surface area contributed by atoms with Gasteiger partial charge in [0.15, 0.2) is 11.6 Å². The van der Waals surface area contributed by atoms with Crippen LogP contribution in [0.2, 0.25) is 0 Å². The molecule has 9 nitrogen and oxygen atoms in total. The van der Waals surface area contributed by atoms with Crippen molar-refractivity contribution in [3.05, 3.63) is 61.6 Å². The smallest absolute Gasteiger partial charge is 0.161 e. The standard InChI is InChI=1S/C20H11FN8O/c21-15-14-13(7-25-16(15)11-5-22-9-23-6-11)28-29-19(14)20-26-12-1-3-24-17(18(12)27-20)10-2-4-30-8-10/h1-9H,(H,26,27)(H,28,29). The number of nitrogens with zero attached hydrogens (tertiary/aromatic N) is 6. The van der Waals surface area contributed by atoms with E-state index in [1.165, 1.54) is 24.9 Å². The second kappa shape index (κ2) is 6.27. The van der Waals surface area contributed by atoms with Crippen LogP contribution < -0.4 is 0 Å². The molecule has 30 heavy (non-hydrogen) atoms. The van der Waals surface area contributed by atoms with Crippen molar-refractivity contribution in [3.8, 4) is 34.0 Å². The molecule has 10 heteroatoms. The molecule has 0 aromatic carbocycles. The molecule has 6 heterocycles. The molecule has 0 atom stereocenters. The Labute approximate surface area is 167 Å². The summed E-state index contributed by atoms with van der Waals surface area (Å²) in [5, 5.41) is 7.38. The lowest BCUT2D eigenvalue weighted by molar-refractivity contribution is 0.568. The maximum absolute atomic E-state index is 15.4. The summed E-state index contributed by atoms with van der Waals surface area (Å²) in [7, 11) is 0. The lowest BCUT2D eigenvalue weighted by atomic mass is 10.1. The van der Waals surface area contributed by atoms with Gasteiger partial charge in [0, 0.05) is 29.7 Å². The normalized spacial score (nSPS) is 11.5. The second-order valence-electron chi connectivity index (χ2n) is 6.56. The van der Waals surface area contributed by atoms with Gasteiger partial charge in [-0.15, -0.1) is 0 Å². The van der Waals surface area contributed by atoms with Crippen LogP contribution in [0.4, 0.5) is 4.39 Å². The number of H-pyrrole nitrogens is 2. The number of halogens is 1. The van der Waals surface area contributed by atoms with Crippen LogP contribution in [0, 0.1) is 5.82 Å². The minimum Gasteiger partial charge on any atom is -0.472 e. The molecule has 0 bridgehead atoms. The number of aromatic amines is 2. The van der Waals surface area contributed by atoms with Crippen molar-refractivity contribution in [1.29, 1.82) is 0 Å². The lowest BCUT2D eigenvalue weighted by Gasteiger charge is -2.03. The largest absolute Gasteiger partial charge is 0.472 e. The van der Waals surface area contributed by atoms with Crippen LogP contribution in [0.5, 0.6) is 0 Å². The Morgan fingerprint density at radius 3 is 2.63 bits per heavy atom. The molecule has 0 aliphatic carbocycles. The fraction of sp³-hybridized carbons (Fsp3) is 0. The van der Waals surface area contributed by atoms with Gasteiger partial charge in [0.1, 0.15) is 28.9 Å². The van der Waals surface area contributed by atoms with Gasteiger partial charge in [0.2, 0.25) is 0 Å². The summed E-state index contributed by atoms with van der Waals surface area (Å²) >= 11 is 0. The molecule has 0 saturated carbocycles. The topological polar surface area (TPSA) is 122 Å². The van der Waals surface area contributed by atoms with E-state index in [2.05, 4.69) is 40.1 Å². The Morgan fingerprint density at radius 1 is 0.900 bits per heavy atom. The quantitative estimate of drug-likeness (QED) is 0.465. The van der Waals surface area contributed by atoms with Crippen LogP contribution in [0.1, 0.15) is 0 Å². The lowest BCUT2D eigenvalue weighted by Crippen LogP contribution is -1.93. The van der Waals surface area contributed by atoms with Crippen molar-refractivity contribution in [2.75, 3.05) is 0 Å². The summed E-state index contributed by atoms with van der Waals surface area (Å²) < 4.78 is 20.6. The predicted octanol–water partition coefficient (Wildman–Crippen LogP) is 3.75. The van der Waals surface area contributed by atoms with Gasteiger partial charge in [0.05, 0.1) is 35.1 Å². The van der Waals surface area contributed by atoms with Gasteiger partial charge >= 0.3 is 0 Å². The summed E-state index contributed by atoms with van der Waals surface area (Å²) in [5.74, 6) is -0.117. The van der Waals surface area contributed by atoms with Gasteiger partial charge in [-0.1, -0.05) is 0 Å². The number of nitrogens with one attached hydrogen (secondary N) is 2. The van der Waals surface area contributed by atoms with E-state index >= 15 is 4.39 Å². The summed E-state index contributed by atoms with van der Waals surface area (Å²) in [4.78, 5) is 24.3. The van der Waals surface area contributed by atoms with E-state index in [0.29, 0.717) is 33.8 Å². The van der Waals surface area contributed by atoms with Crippen LogP contribution in [0.3, 0.4) is 0 Å². The molecule has 0 unspecified atom stereocenters. The van der Waals surface area contributed by atoms with E-state index in [9.17, 15) is 0 Å². The molecule has 0 aliphatic rings. The Bertz CT molecular complexity index is 1500. The Balaban J connectivity index is 1.57. The number of aromatic nitrogens is 8. The highest BCUT2D eigenvalue weighted by molar-refractivity contribution is 5.97. The minimum atomic E-state index is -0.528. The van der Waals surface area contributed by atoms with Crippen molar-refractivity contribution < 1.29 is 8.81 Å². The highest BCUT2D eigenvalue weighted by Crippen LogP contribution is 2.33. The monoisotopic (exact) mass is 398 g/mol. The van der Waals surface area contributed by atoms with Gasteiger partial charge < -0.3 is 9.40 Å². The van der Waals surface area contributed by atoms with E-state index in [-0.39, 0.29) is 11.1 Å². The van der Waals surface area contributed by atoms with Gasteiger partial charge in [-0.3, -0.25) is 15.1 Å². The fourth-order valence-electron chi connectivity index (χ4n) is 3.43. The number of hydrogen-bond donors (Lipinski definition) is 2. The van der Waals surface area contributed by atoms with Gasteiger partial charge in [0.25, 0.3) is 0 Å². The van der Waals surface area contributed by atoms with Crippen molar-refractivity contribution in [3.63, 3.8) is 0 Å². The van der Waals surface area contributed by atoms with Crippen molar-refractivity contribution in [1.82, 2.24) is 40.1 Å². The molecule has 6 aromatic rings. The maximum Gasteiger partial charge on any atom is 0.161 e. The second-order valence-corrected chi connectivity index (χ2v) is 6.56. The number of pyridine rings is 2. The van der Waals surface area contributed by atoms with Gasteiger partial charge in [-0.05, 0) is 12.1 Å². The van der Waals surface area contributed by atoms with E-state index in [4.69, 9.17) is 4.42 Å².